The van der Waals surface area contributed by atoms with Gasteiger partial charge in [-0.15, -0.1) is 0 Å². The molecule has 1 aliphatic rings. The summed E-state index contributed by atoms with van der Waals surface area (Å²) in [6, 6.07) is 0.140. The normalized spacial score (nSPS) is 19.4. The second-order valence-electron chi connectivity index (χ2n) is 3.81. The van der Waals surface area contributed by atoms with Crippen LogP contribution in [0.2, 0.25) is 0 Å². The summed E-state index contributed by atoms with van der Waals surface area (Å²) in [6.45, 7) is 5.88. The third-order valence-electron chi connectivity index (χ3n) is 2.00. The average molecular weight is 276 g/mol. The van der Waals surface area contributed by atoms with Crippen LogP contribution in [-0.2, 0) is 9.53 Å². The van der Waals surface area contributed by atoms with E-state index in [0.29, 0.717) is 5.96 Å². The molecule has 1 heterocycles. The number of nitrogens with zero attached hydrogens (tertiary/aromatic N) is 3. The number of alkyl halides is 1. The van der Waals surface area contributed by atoms with E-state index in [4.69, 9.17) is 16.3 Å². The Hall–Kier alpha value is -1.34. The smallest absolute Gasteiger partial charge is 0.375 e. The molecule has 0 aromatic rings. The fourth-order valence-corrected chi connectivity index (χ4v) is 1.60. The van der Waals surface area contributed by atoms with Crippen molar-refractivity contribution < 1.29 is 9.53 Å². The summed E-state index contributed by atoms with van der Waals surface area (Å²) in [5, 5.41) is 4.34. The van der Waals surface area contributed by atoms with Gasteiger partial charge in [-0.25, -0.2) is 20.2 Å². The van der Waals surface area contributed by atoms with E-state index in [9.17, 15) is 4.79 Å². The number of nitrogens with one attached hydrogen (secondary N) is 2. The number of carbonyl (C=O) groups excluding carboxylic acids is 1. The van der Waals surface area contributed by atoms with Gasteiger partial charge in [0.25, 0.3) is 0 Å². The van der Waals surface area contributed by atoms with Gasteiger partial charge < -0.3 is 10.1 Å². The van der Waals surface area contributed by atoms with Crippen molar-refractivity contribution in [2.24, 2.45) is 9.98 Å². The topological polar surface area (TPSA) is 78.3 Å². The third kappa shape index (κ3) is 3.58. The maximum absolute atomic E-state index is 11.8. The van der Waals surface area contributed by atoms with Gasteiger partial charge in [0.15, 0.2) is 0 Å². The molecular weight excluding hydrogens is 258 g/mol. The molecule has 1 aliphatic heterocycles. The van der Waals surface area contributed by atoms with Gasteiger partial charge in [0.05, 0.1) is 6.61 Å². The van der Waals surface area contributed by atoms with Crippen LogP contribution in [0, 0.1) is 0 Å². The van der Waals surface area contributed by atoms with Gasteiger partial charge in [-0.1, -0.05) is 11.6 Å². The molecule has 1 atom stereocenters. The van der Waals surface area contributed by atoms with E-state index in [0.717, 1.165) is 0 Å². The Morgan fingerprint density at radius 3 is 2.78 bits per heavy atom. The van der Waals surface area contributed by atoms with Crippen molar-refractivity contribution in [3.63, 3.8) is 0 Å². The molecular formula is C10H18ClN5O2. The lowest BCUT2D eigenvalue weighted by molar-refractivity contribution is -0.136. The number of hydrazine groups is 1. The maximum Gasteiger partial charge on any atom is 0.375 e. The van der Waals surface area contributed by atoms with Crippen molar-refractivity contribution in [2.75, 3.05) is 13.7 Å². The lowest BCUT2D eigenvalue weighted by atomic mass is 10.4. The highest BCUT2D eigenvalue weighted by Gasteiger charge is 2.30. The minimum absolute atomic E-state index is 0.0810. The van der Waals surface area contributed by atoms with Crippen LogP contribution < -0.4 is 10.7 Å². The number of ether oxygens (including phenoxy) is 1. The third-order valence-corrected chi connectivity index (χ3v) is 2.29. The molecule has 0 amide bonds. The van der Waals surface area contributed by atoms with Gasteiger partial charge in [0.2, 0.25) is 17.4 Å². The van der Waals surface area contributed by atoms with Gasteiger partial charge in [-0.05, 0) is 20.8 Å². The van der Waals surface area contributed by atoms with Crippen molar-refractivity contribution in [3.05, 3.63) is 0 Å². The molecule has 2 N–H and O–H groups in total. The summed E-state index contributed by atoms with van der Waals surface area (Å²) in [6.07, 6.45) is 0. The van der Waals surface area contributed by atoms with E-state index in [1.54, 1.807) is 14.0 Å². The highest BCUT2D eigenvalue weighted by molar-refractivity contribution is 6.39. The minimum Gasteiger partial charge on any atom is -0.460 e. The predicted molar refractivity (Wildman–Crippen MR) is 70.3 cm³/mol. The lowest BCUT2D eigenvalue weighted by Crippen LogP contribution is -2.52. The average Bonchev–Trinajstić information content (AvgIpc) is 2.27. The predicted octanol–water partition coefficient (Wildman–Crippen LogP) is 0.274. The second-order valence-corrected chi connectivity index (χ2v) is 4.20. The number of halogens is 1. The number of esters is 1. The van der Waals surface area contributed by atoms with Crippen LogP contribution in [0.3, 0.4) is 0 Å². The SMILES string of the molecule is CCOC(=O)C1=NC(NC(C)C)=NC(Cl)N1NC. The van der Waals surface area contributed by atoms with E-state index in [-0.39, 0.29) is 18.5 Å². The Labute approximate surface area is 111 Å². The molecule has 0 spiro atoms. The summed E-state index contributed by atoms with van der Waals surface area (Å²) in [5.41, 5.74) is 2.00. The van der Waals surface area contributed by atoms with Crippen molar-refractivity contribution in [2.45, 2.75) is 32.4 Å². The number of guanidine groups is 1. The Bertz CT molecular complexity index is 369. The van der Waals surface area contributed by atoms with Crippen molar-refractivity contribution in [1.82, 2.24) is 15.8 Å². The molecule has 102 valence electrons. The monoisotopic (exact) mass is 275 g/mol. The van der Waals surface area contributed by atoms with E-state index < -0.39 is 11.6 Å². The van der Waals surface area contributed by atoms with E-state index >= 15 is 0 Å². The summed E-state index contributed by atoms with van der Waals surface area (Å²) in [5.74, 6) is -0.146. The largest absolute Gasteiger partial charge is 0.460 e. The van der Waals surface area contributed by atoms with Gasteiger partial charge in [-0.2, -0.15) is 4.99 Å². The van der Waals surface area contributed by atoms with Crippen LogP contribution in [0.25, 0.3) is 0 Å². The summed E-state index contributed by atoms with van der Waals surface area (Å²) in [4.78, 5) is 20.0. The molecule has 0 aliphatic carbocycles. The Balaban J connectivity index is 2.95. The van der Waals surface area contributed by atoms with Crippen molar-refractivity contribution in [1.29, 1.82) is 0 Å². The first kappa shape index (κ1) is 14.7. The number of hydrogen-bond donors (Lipinski definition) is 2. The first-order chi connectivity index (χ1) is 8.49. The summed E-state index contributed by atoms with van der Waals surface area (Å²) >= 11 is 6.05. The van der Waals surface area contributed by atoms with Gasteiger partial charge in [-0.3, -0.25) is 0 Å². The van der Waals surface area contributed by atoms with E-state index in [2.05, 4.69) is 20.7 Å². The van der Waals surface area contributed by atoms with Crippen LogP contribution >= 0.6 is 11.6 Å². The van der Waals surface area contributed by atoms with E-state index in [1.165, 1.54) is 5.01 Å². The Kier molecular flexibility index (Phi) is 5.36. The van der Waals surface area contributed by atoms with E-state index in [1.807, 2.05) is 13.8 Å². The van der Waals surface area contributed by atoms with Crippen LogP contribution in [0.5, 0.6) is 0 Å². The zero-order valence-electron chi connectivity index (χ0n) is 10.9. The van der Waals surface area contributed by atoms with Crippen LogP contribution in [0.1, 0.15) is 20.8 Å². The molecule has 7 nitrogen and oxygen atoms in total. The van der Waals surface area contributed by atoms with Gasteiger partial charge in [0, 0.05) is 13.1 Å². The van der Waals surface area contributed by atoms with Gasteiger partial charge in [0.1, 0.15) is 0 Å². The first-order valence-corrected chi connectivity index (χ1v) is 6.14. The fraction of sp³-hybridized carbons (Fsp3) is 0.700. The molecule has 0 aromatic carbocycles. The summed E-state index contributed by atoms with van der Waals surface area (Å²) < 4.78 is 4.92. The minimum atomic E-state index is -0.756. The lowest BCUT2D eigenvalue weighted by Gasteiger charge is -2.29. The molecule has 0 bridgehead atoms. The fourth-order valence-electron chi connectivity index (χ4n) is 1.32. The molecule has 1 rings (SSSR count). The molecule has 0 saturated heterocycles. The van der Waals surface area contributed by atoms with Gasteiger partial charge >= 0.3 is 5.97 Å². The highest BCUT2D eigenvalue weighted by Crippen LogP contribution is 2.11. The zero-order valence-corrected chi connectivity index (χ0v) is 11.7. The quantitative estimate of drug-likeness (QED) is 0.438. The molecule has 0 radical (unpaired) electrons. The standard InChI is InChI=1S/C10H18ClN5O2/c1-5-18-8(17)7-14-10(13-6(2)3)15-9(11)16(7)12-4/h6,9,12H,5H2,1-4H3,(H,13,15). The van der Waals surface area contributed by atoms with Crippen molar-refractivity contribution >= 4 is 29.4 Å². The number of hydrogen-bond acceptors (Lipinski definition) is 7. The zero-order chi connectivity index (χ0) is 13.7. The Morgan fingerprint density at radius 2 is 2.28 bits per heavy atom. The van der Waals surface area contributed by atoms with Crippen molar-refractivity contribution in [3.8, 4) is 0 Å². The molecule has 0 aromatic heterocycles. The summed E-state index contributed by atoms with van der Waals surface area (Å²) in [7, 11) is 1.63. The number of aliphatic imine (C=N–C) groups is 2. The molecule has 18 heavy (non-hydrogen) atoms. The Morgan fingerprint density at radius 1 is 1.61 bits per heavy atom. The molecule has 8 heteroatoms. The molecule has 0 saturated carbocycles. The molecule has 1 unspecified atom stereocenters. The maximum atomic E-state index is 11.8. The number of carbonyl (C=O) groups is 1. The van der Waals surface area contributed by atoms with Crippen LogP contribution in [0.4, 0.5) is 0 Å². The second kappa shape index (κ2) is 6.55. The highest BCUT2D eigenvalue weighted by atomic mass is 35.5. The number of amidine groups is 1. The molecule has 0 fully saturated rings. The van der Waals surface area contributed by atoms with Crippen LogP contribution in [-0.4, -0.2) is 48.1 Å². The van der Waals surface area contributed by atoms with Crippen LogP contribution in [0.15, 0.2) is 9.98 Å². The first-order valence-electron chi connectivity index (χ1n) is 5.70. The number of rotatable bonds is 4.